The molecule has 0 aliphatic rings. The van der Waals surface area contributed by atoms with Gasteiger partial charge in [-0.2, -0.15) is 0 Å². The van der Waals surface area contributed by atoms with Crippen LogP contribution in [-0.2, 0) is 4.74 Å². The summed E-state index contributed by atoms with van der Waals surface area (Å²) in [6.07, 6.45) is 0. The fourth-order valence-corrected chi connectivity index (χ4v) is 2.61. The number of Topliss-reactive ketones (excluding diaryl/α,β-unsaturated/α-hetero) is 1. The van der Waals surface area contributed by atoms with Crippen molar-refractivity contribution in [3.05, 3.63) is 99.6 Å². The molecular formula is C22H17NO6. The molecule has 3 aromatic rings. The standard InChI is InChI=1S/C22H17NO6/c1-15-11-12-16(13-19(15)23(26)27)20(24)14-28-22(25)18-9-5-6-10-21(18)29-17-7-3-2-4-8-17/h2-13H,14H2,1H3. The first-order chi connectivity index (χ1) is 14.0. The first-order valence-electron chi connectivity index (χ1n) is 8.73. The number of ether oxygens (including phenoxy) is 2. The number of ketones is 1. The van der Waals surface area contributed by atoms with E-state index in [9.17, 15) is 19.7 Å². The number of benzene rings is 3. The lowest BCUT2D eigenvalue weighted by Crippen LogP contribution is -2.15. The van der Waals surface area contributed by atoms with E-state index in [4.69, 9.17) is 9.47 Å². The summed E-state index contributed by atoms with van der Waals surface area (Å²) in [4.78, 5) is 35.2. The number of nitrogens with zero attached hydrogens (tertiary/aromatic N) is 1. The van der Waals surface area contributed by atoms with Crippen molar-refractivity contribution in [2.24, 2.45) is 0 Å². The molecule has 0 aliphatic carbocycles. The molecule has 0 aliphatic heterocycles. The minimum absolute atomic E-state index is 0.101. The zero-order valence-electron chi connectivity index (χ0n) is 15.5. The predicted octanol–water partition coefficient (Wildman–Crippen LogP) is 4.74. The fourth-order valence-electron chi connectivity index (χ4n) is 2.61. The highest BCUT2D eigenvalue weighted by molar-refractivity contribution is 6.00. The quantitative estimate of drug-likeness (QED) is 0.250. The number of nitro groups is 1. The predicted molar refractivity (Wildman–Crippen MR) is 105 cm³/mol. The minimum atomic E-state index is -0.730. The molecular weight excluding hydrogens is 374 g/mol. The van der Waals surface area contributed by atoms with Crippen LogP contribution >= 0.6 is 0 Å². The van der Waals surface area contributed by atoms with Gasteiger partial charge in [-0.3, -0.25) is 14.9 Å². The van der Waals surface area contributed by atoms with E-state index in [1.165, 1.54) is 24.3 Å². The van der Waals surface area contributed by atoms with E-state index in [0.29, 0.717) is 17.1 Å². The maximum absolute atomic E-state index is 12.5. The van der Waals surface area contributed by atoms with Crippen molar-refractivity contribution in [3.63, 3.8) is 0 Å². The molecule has 0 fully saturated rings. The first-order valence-corrected chi connectivity index (χ1v) is 8.73. The number of para-hydroxylation sites is 2. The molecule has 0 amide bonds. The Labute approximate surface area is 166 Å². The molecule has 7 nitrogen and oxygen atoms in total. The van der Waals surface area contributed by atoms with Crippen molar-refractivity contribution in [3.8, 4) is 11.5 Å². The average Bonchev–Trinajstić information content (AvgIpc) is 2.73. The Morgan fingerprint density at radius 3 is 2.38 bits per heavy atom. The van der Waals surface area contributed by atoms with E-state index < -0.39 is 23.3 Å². The second-order valence-electron chi connectivity index (χ2n) is 6.17. The van der Waals surface area contributed by atoms with Crippen LogP contribution < -0.4 is 4.74 Å². The normalized spacial score (nSPS) is 10.2. The van der Waals surface area contributed by atoms with Gasteiger partial charge in [-0.15, -0.1) is 0 Å². The van der Waals surface area contributed by atoms with Crippen molar-refractivity contribution >= 4 is 17.4 Å². The molecule has 0 N–H and O–H groups in total. The third-order valence-corrected chi connectivity index (χ3v) is 4.14. The monoisotopic (exact) mass is 391 g/mol. The van der Waals surface area contributed by atoms with Crippen molar-refractivity contribution in [1.29, 1.82) is 0 Å². The van der Waals surface area contributed by atoms with Crippen LogP contribution in [0.5, 0.6) is 11.5 Å². The number of carbonyl (C=O) groups is 2. The molecule has 0 radical (unpaired) electrons. The Hall–Kier alpha value is -4.00. The third kappa shape index (κ3) is 4.84. The summed E-state index contributed by atoms with van der Waals surface area (Å²) in [6, 6.07) is 19.6. The third-order valence-electron chi connectivity index (χ3n) is 4.14. The Bertz CT molecular complexity index is 1060. The summed E-state index contributed by atoms with van der Waals surface area (Å²) in [7, 11) is 0. The van der Waals surface area contributed by atoms with E-state index in [1.54, 1.807) is 49.4 Å². The summed E-state index contributed by atoms with van der Waals surface area (Å²) in [5, 5.41) is 11.0. The molecule has 0 saturated heterocycles. The largest absolute Gasteiger partial charge is 0.456 e. The number of rotatable bonds is 7. The Morgan fingerprint density at radius 2 is 1.66 bits per heavy atom. The number of hydrogen-bond donors (Lipinski definition) is 0. The van der Waals surface area contributed by atoms with Crippen molar-refractivity contribution < 1.29 is 24.0 Å². The van der Waals surface area contributed by atoms with Gasteiger partial charge in [0, 0.05) is 17.2 Å². The molecule has 0 heterocycles. The van der Waals surface area contributed by atoms with Gasteiger partial charge in [0.15, 0.2) is 6.61 Å². The number of esters is 1. The molecule has 0 saturated carbocycles. The van der Waals surface area contributed by atoms with Gasteiger partial charge in [0.25, 0.3) is 5.69 Å². The molecule has 3 aromatic carbocycles. The zero-order chi connectivity index (χ0) is 20.8. The number of aryl methyl sites for hydroxylation is 1. The first kappa shape index (κ1) is 19.8. The van der Waals surface area contributed by atoms with Crippen molar-refractivity contribution in [2.45, 2.75) is 6.92 Å². The molecule has 0 spiro atoms. The highest BCUT2D eigenvalue weighted by atomic mass is 16.6. The summed E-state index contributed by atoms with van der Waals surface area (Å²) >= 11 is 0. The average molecular weight is 391 g/mol. The van der Waals surface area contributed by atoms with Crippen molar-refractivity contribution in [1.82, 2.24) is 0 Å². The van der Waals surface area contributed by atoms with Gasteiger partial charge in [-0.05, 0) is 31.2 Å². The lowest BCUT2D eigenvalue weighted by atomic mass is 10.1. The van der Waals surface area contributed by atoms with E-state index in [2.05, 4.69) is 0 Å². The van der Waals surface area contributed by atoms with Crippen LogP contribution in [0.25, 0.3) is 0 Å². The van der Waals surface area contributed by atoms with Gasteiger partial charge in [0.2, 0.25) is 5.78 Å². The zero-order valence-corrected chi connectivity index (χ0v) is 15.5. The van der Waals surface area contributed by atoms with E-state index in [1.807, 2.05) is 6.07 Å². The molecule has 0 atom stereocenters. The SMILES string of the molecule is Cc1ccc(C(=O)COC(=O)c2ccccc2Oc2ccccc2)cc1[N+](=O)[O-]. The van der Waals surface area contributed by atoms with Gasteiger partial charge in [-0.1, -0.05) is 42.5 Å². The number of nitro benzene ring substituents is 1. The Balaban J connectivity index is 1.71. The number of carbonyl (C=O) groups excluding carboxylic acids is 2. The molecule has 0 aromatic heterocycles. The maximum Gasteiger partial charge on any atom is 0.342 e. The second-order valence-corrected chi connectivity index (χ2v) is 6.17. The Kier molecular flexibility index (Phi) is 5.99. The van der Waals surface area contributed by atoms with Crippen LogP contribution in [0.1, 0.15) is 26.3 Å². The van der Waals surface area contributed by atoms with Crippen molar-refractivity contribution in [2.75, 3.05) is 6.61 Å². The van der Waals surface area contributed by atoms with Gasteiger partial charge in [-0.25, -0.2) is 4.79 Å². The Morgan fingerprint density at radius 1 is 0.966 bits per heavy atom. The van der Waals surface area contributed by atoms with Crippen LogP contribution in [0.2, 0.25) is 0 Å². The molecule has 7 heteroatoms. The fraction of sp³-hybridized carbons (Fsp3) is 0.0909. The minimum Gasteiger partial charge on any atom is -0.456 e. The summed E-state index contributed by atoms with van der Waals surface area (Å²) in [5.41, 5.74) is 0.544. The van der Waals surface area contributed by atoms with E-state index in [0.717, 1.165) is 0 Å². The summed E-state index contributed by atoms with van der Waals surface area (Å²) in [5.74, 6) is -0.424. The van der Waals surface area contributed by atoms with E-state index in [-0.39, 0.29) is 16.8 Å². The molecule has 3 rings (SSSR count). The van der Waals surface area contributed by atoms with Crippen LogP contribution in [-0.4, -0.2) is 23.3 Å². The second kappa shape index (κ2) is 8.79. The lowest BCUT2D eigenvalue weighted by Gasteiger charge is -2.11. The summed E-state index contributed by atoms with van der Waals surface area (Å²) < 4.78 is 10.8. The highest BCUT2D eigenvalue weighted by Crippen LogP contribution is 2.26. The smallest absolute Gasteiger partial charge is 0.342 e. The van der Waals surface area contributed by atoms with Crippen LogP contribution in [0.4, 0.5) is 5.69 Å². The van der Waals surface area contributed by atoms with Gasteiger partial charge < -0.3 is 9.47 Å². The maximum atomic E-state index is 12.5. The number of hydrogen-bond acceptors (Lipinski definition) is 6. The summed E-state index contributed by atoms with van der Waals surface area (Å²) in [6.45, 7) is 1.04. The molecule has 146 valence electrons. The lowest BCUT2D eigenvalue weighted by molar-refractivity contribution is -0.385. The van der Waals surface area contributed by atoms with Gasteiger partial charge in [0.1, 0.15) is 17.1 Å². The van der Waals surface area contributed by atoms with Crippen LogP contribution in [0.15, 0.2) is 72.8 Å². The van der Waals surface area contributed by atoms with E-state index >= 15 is 0 Å². The van der Waals surface area contributed by atoms with Gasteiger partial charge in [0.05, 0.1) is 4.92 Å². The molecule has 29 heavy (non-hydrogen) atoms. The van der Waals surface area contributed by atoms with Crippen LogP contribution in [0.3, 0.4) is 0 Å². The van der Waals surface area contributed by atoms with Crippen LogP contribution in [0, 0.1) is 17.0 Å². The molecule has 0 unspecified atom stereocenters. The topological polar surface area (TPSA) is 95.7 Å². The highest BCUT2D eigenvalue weighted by Gasteiger charge is 2.19. The molecule has 0 bridgehead atoms. The van der Waals surface area contributed by atoms with Gasteiger partial charge >= 0.3 is 5.97 Å².